The first-order chi connectivity index (χ1) is 15.6. The molecule has 1 atom stereocenters. The zero-order valence-corrected chi connectivity index (χ0v) is 17.9. The summed E-state index contributed by atoms with van der Waals surface area (Å²) in [6.45, 7) is 0.434. The molecule has 3 heterocycles. The van der Waals surface area contributed by atoms with Crippen molar-refractivity contribution in [3.63, 3.8) is 0 Å². The smallest absolute Gasteiger partial charge is 0.328 e. The molecule has 0 aliphatic carbocycles. The van der Waals surface area contributed by atoms with Gasteiger partial charge in [0, 0.05) is 37.9 Å². The van der Waals surface area contributed by atoms with E-state index in [0.717, 1.165) is 33.5 Å². The number of carbonyl (C=O) groups excluding carboxylic acids is 1. The van der Waals surface area contributed by atoms with E-state index >= 15 is 0 Å². The molecule has 8 heteroatoms. The van der Waals surface area contributed by atoms with E-state index in [2.05, 4.69) is 20.3 Å². The van der Waals surface area contributed by atoms with Crippen LogP contribution in [0.5, 0.6) is 0 Å². The third-order valence-corrected chi connectivity index (χ3v) is 5.53. The van der Waals surface area contributed by atoms with E-state index in [1.165, 1.54) is 0 Å². The third-order valence-electron chi connectivity index (χ3n) is 5.53. The van der Waals surface area contributed by atoms with Crippen molar-refractivity contribution in [3.05, 3.63) is 84.4 Å². The van der Waals surface area contributed by atoms with Crippen molar-refractivity contribution in [2.45, 2.75) is 12.6 Å². The summed E-state index contributed by atoms with van der Waals surface area (Å²) in [5.74, 6) is 0.612. The van der Waals surface area contributed by atoms with E-state index < -0.39 is 0 Å². The van der Waals surface area contributed by atoms with Crippen molar-refractivity contribution in [1.82, 2.24) is 20.3 Å². The van der Waals surface area contributed by atoms with Crippen LogP contribution in [0.25, 0.3) is 11.0 Å². The van der Waals surface area contributed by atoms with Gasteiger partial charge in [0.25, 0.3) is 0 Å². The monoisotopic (exact) mass is 425 g/mol. The molecule has 2 aromatic heterocycles. The van der Waals surface area contributed by atoms with Gasteiger partial charge < -0.3 is 9.88 Å². The molecule has 8 nitrogen and oxygen atoms in total. The molecule has 1 fully saturated rings. The van der Waals surface area contributed by atoms with Crippen LogP contribution in [0.1, 0.15) is 17.2 Å². The Labute approximate surface area is 185 Å². The second-order valence-electron chi connectivity index (χ2n) is 7.86. The molecule has 32 heavy (non-hydrogen) atoms. The lowest BCUT2D eigenvalue weighted by atomic mass is 10.0. The number of H-pyrrole nitrogens is 1. The number of aliphatic imine (C=N–C) groups is 1. The lowest BCUT2D eigenvalue weighted by molar-refractivity contribution is 0.252. The average Bonchev–Trinajstić information content (AvgIpc) is 3.41. The van der Waals surface area contributed by atoms with Gasteiger partial charge in [-0.2, -0.15) is 0 Å². The van der Waals surface area contributed by atoms with E-state index in [4.69, 9.17) is 4.99 Å². The van der Waals surface area contributed by atoms with Gasteiger partial charge in [0.05, 0.1) is 23.9 Å². The number of nitrogens with one attached hydrogen (secondary N) is 2. The van der Waals surface area contributed by atoms with Gasteiger partial charge in [0.2, 0.25) is 0 Å². The normalized spacial score (nSPS) is 17.2. The summed E-state index contributed by atoms with van der Waals surface area (Å²) in [5, 5.41) is 2.98. The maximum absolute atomic E-state index is 13.1. The molecule has 0 spiro atoms. The first-order valence-corrected chi connectivity index (χ1v) is 10.3. The average molecular weight is 425 g/mol. The molecule has 1 aliphatic rings. The molecule has 0 bridgehead atoms. The number of hydrogen-bond donors (Lipinski definition) is 2. The summed E-state index contributed by atoms with van der Waals surface area (Å²) in [7, 11) is 4.00. The van der Waals surface area contributed by atoms with Crippen molar-refractivity contribution < 1.29 is 4.79 Å². The third kappa shape index (κ3) is 3.66. The van der Waals surface area contributed by atoms with Crippen LogP contribution < -0.4 is 15.1 Å². The van der Waals surface area contributed by atoms with Crippen molar-refractivity contribution in [2.24, 2.45) is 4.99 Å². The van der Waals surface area contributed by atoms with Crippen molar-refractivity contribution in [1.29, 1.82) is 0 Å². The highest BCUT2D eigenvalue weighted by Gasteiger charge is 2.39. The molecule has 0 saturated carbocycles. The number of pyridine rings is 1. The maximum atomic E-state index is 13.1. The van der Waals surface area contributed by atoms with Gasteiger partial charge in [-0.3, -0.25) is 20.2 Å². The fourth-order valence-electron chi connectivity index (χ4n) is 3.87. The number of nitrogens with zero attached hydrogens (tertiary/aromatic N) is 5. The number of benzene rings is 2. The fourth-order valence-corrected chi connectivity index (χ4v) is 3.87. The fraction of sp³-hybridized carbons (Fsp3) is 0.167. The van der Waals surface area contributed by atoms with Gasteiger partial charge in [-0.15, -0.1) is 0 Å². The molecule has 2 N–H and O–H groups in total. The predicted molar refractivity (Wildman–Crippen MR) is 126 cm³/mol. The summed E-state index contributed by atoms with van der Waals surface area (Å²) >= 11 is 0. The molecule has 4 aromatic rings. The first kappa shape index (κ1) is 19.7. The van der Waals surface area contributed by atoms with E-state index in [0.29, 0.717) is 12.4 Å². The van der Waals surface area contributed by atoms with Gasteiger partial charge in [-0.25, -0.2) is 9.78 Å². The Kier molecular flexibility index (Phi) is 5.03. The zero-order valence-electron chi connectivity index (χ0n) is 17.9. The number of rotatable bonds is 5. The lowest BCUT2D eigenvalue weighted by Crippen LogP contribution is -2.29. The molecular weight excluding hydrogens is 402 g/mol. The number of amides is 2. The van der Waals surface area contributed by atoms with E-state index in [9.17, 15) is 4.79 Å². The summed E-state index contributed by atoms with van der Waals surface area (Å²) in [5.41, 5.74) is 5.54. The highest BCUT2D eigenvalue weighted by Crippen LogP contribution is 2.34. The SMILES string of the molecule is CN(C)c1ccc(C2C(=NCc3cccnc3)NC(=O)N2c2ccc3nc[nH]c3c2)cc1. The molecule has 5 rings (SSSR count). The number of aromatic amines is 1. The minimum atomic E-state index is -0.365. The number of aromatic nitrogens is 3. The number of imidazole rings is 1. The van der Waals surface area contributed by atoms with Gasteiger partial charge >= 0.3 is 6.03 Å². The summed E-state index contributed by atoms with van der Waals surface area (Å²) in [6.07, 6.45) is 5.17. The van der Waals surface area contributed by atoms with Crippen LogP contribution in [0.2, 0.25) is 0 Å². The summed E-state index contributed by atoms with van der Waals surface area (Å²) in [4.78, 5) is 33.2. The number of carbonyl (C=O) groups is 1. The van der Waals surface area contributed by atoms with Crippen LogP contribution in [-0.4, -0.2) is 40.9 Å². The molecule has 2 aromatic carbocycles. The van der Waals surface area contributed by atoms with Gasteiger partial charge in [0.15, 0.2) is 0 Å². The molecule has 0 radical (unpaired) electrons. The minimum Gasteiger partial charge on any atom is -0.378 e. The lowest BCUT2D eigenvalue weighted by Gasteiger charge is -2.24. The Morgan fingerprint density at radius 2 is 1.97 bits per heavy atom. The number of fused-ring (bicyclic) bond motifs is 1. The summed E-state index contributed by atoms with van der Waals surface area (Å²) < 4.78 is 0. The number of hydrogen-bond acceptors (Lipinski definition) is 5. The number of urea groups is 1. The largest absolute Gasteiger partial charge is 0.378 e. The van der Waals surface area contributed by atoms with Crippen LogP contribution in [0.4, 0.5) is 16.2 Å². The molecule has 1 aliphatic heterocycles. The number of anilines is 2. The highest BCUT2D eigenvalue weighted by atomic mass is 16.2. The van der Waals surface area contributed by atoms with E-state index in [-0.39, 0.29) is 12.1 Å². The van der Waals surface area contributed by atoms with Crippen LogP contribution in [0.3, 0.4) is 0 Å². The second kappa shape index (κ2) is 8.14. The van der Waals surface area contributed by atoms with Crippen LogP contribution in [-0.2, 0) is 6.54 Å². The molecule has 2 amide bonds. The number of amidine groups is 1. The van der Waals surface area contributed by atoms with Gasteiger partial charge in [-0.1, -0.05) is 18.2 Å². The van der Waals surface area contributed by atoms with Crippen molar-refractivity contribution in [2.75, 3.05) is 23.9 Å². The highest BCUT2D eigenvalue weighted by molar-refractivity contribution is 6.17. The zero-order chi connectivity index (χ0) is 22.1. The Bertz CT molecular complexity index is 1280. The van der Waals surface area contributed by atoms with E-state index in [1.807, 2.05) is 73.6 Å². The molecule has 1 saturated heterocycles. The molecule has 160 valence electrons. The van der Waals surface area contributed by atoms with Crippen molar-refractivity contribution in [3.8, 4) is 0 Å². The molecule has 1 unspecified atom stereocenters. The predicted octanol–water partition coefficient (Wildman–Crippen LogP) is 3.89. The summed E-state index contributed by atoms with van der Waals surface area (Å²) in [6, 6.07) is 17.2. The van der Waals surface area contributed by atoms with Crippen molar-refractivity contribution >= 4 is 34.3 Å². The Morgan fingerprint density at radius 1 is 1.12 bits per heavy atom. The molecular formula is C24H23N7O. The Balaban J connectivity index is 1.56. The Morgan fingerprint density at radius 3 is 2.72 bits per heavy atom. The quantitative estimate of drug-likeness (QED) is 0.508. The van der Waals surface area contributed by atoms with Gasteiger partial charge in [-0.05, 0) is 47.5 Å². The minimum absolute atomic E-state index is 0.213. The van der Waals surface area contributed by atoms with Gasteiger partial charge in [0.1, 0.15) is 11.9 Å². The van der Waals surface area contributed by atoms with E-state index in [1.54, 1.807) is 23.6 Å². The van der Waals surface area contributed by atoms with Crippen LogP contribution in [0, 0.1) is 0 Å². The second-order valence-corrected chi connectivity index (χ2v) is 7.86. The maximum Gasteiger partial charge on any atom is 0.328 e. The first-order valence-electron chi connectivity index (χ1n) is 10.3. The topological polar surface area (TPSA) is 89.5 Å². The standard InChI is InChI=1S/C24H23N7O/c1-30(2)18-7-5-17(6-8-18)22-23(26-14-16-4-3-11-25-13-16)29-24(32)31(22)19-9-10-20-21(12-19)28-15-27-20/h3-13,15,22H,14H2,1-2H3,(H,27,28)(H,26,29,32). The van der Waals surface area contributed by atoms with Crippen LogP contribution >= 0.6 is 0 Å². The Hall–Kier alpha value is -4.20. The van der Waals surface area contributed by atoms with Crippen LogP contribution in [0.15, 0.2) is 78.3 Å².